The Morgan fingerprint density at radius 1 is 1.30 bits per heavy atom. The van der Waals surface area contributed by atoms with Gasteiger partial charge in [0.2, 0.25) is 5.91 Å². The fraction of sp³-hybridized carbons (Fsp3) is 0.556. The number of carbonyl (C=O) groups excluding carboxylic acids is 2. The summed E-state index contributed by atoms with van der Waals surface area (Å²) in [5.41, 5.74) is 6.98. The highest BCUT2D eigenvalue weighted by Crippen LogP contribution is 2.25. The summed E-state index contributed by atoms with van der Waals surface area (Å²) in [6.07, 6.45) is 4.43. The lowest BCUT2D eigenvalue weighted by Gasteiger charge is -2.28. The van der Waals surface area contributed by atoms with Gasteiger partial charge in [-0.25, -0.2) is 0 Å². The molecule has 0 aromatic heterocycles. The molecule has 1 aromatic rings. The second-order valence-electron chi connectivity index (χ2n) is 6.21. The van der Waals surface area contributed by atoms with E-state index in [0.717, 1.165) is 31.2 Å². The van der Waals surface area contributed by atoms with Crippen molar-refractivity contribution in [3.8, 4) is 0 Å². The highest BCUT2D eigenvalue weighted by atomic mass is 16.5. The van der Waals surface area contributed by atoms with Crippen molar-refractivity contribution in [2.45, 2.75) is 50.6 Å². The molecule has 3 unspecified atom stereocenters. The summed E-state index contributed by atoms with van der Waals surface area (Å²) in [6, 6.07) is 9.67. The molecule has 2 rings (SSSR count). The lowest BCUT2D eigenvalue weighted by molar-refractivity contribution is -0.141. The van der Waals surface area contributed by atoms with E-state index in [-0.39, 0.29) is 36.3 Å². The number of nitrogens with two attached hydrogens (primary N) is 1. The van der Waals surface area contributed by atoms with Crippen LogP contribution in [0.3, 0.4) is 0 Å². The van der Waals surface area contributed by atoms with Gasteiger partial charge in [0.1, 0.15) is 0 Å². The molecule has 0 heterocycles. The van der Waals surface area contributed by atoms with Crippen LogP contribution in [0.1, 0.15) is 50.1 Å². The second kappa shape index (κ2) is 8.67. The van der Waals surface area contributed by atoms with Crippen LogP contribution in [0.2, 0.25) is 0 Å². The number of carbonyl (C=O) groups is 2. The Morgan fingerprint density at radius 3 is 2.70 bits per heavy atom. The topological polar surface area (TPSA) is 81.4 Å². The third-order valence-corrected chi connectivity index (χ3v) is 4.47. The monoisotopic (exact) mass is 318 g/mol. The fourth-order valence-electron chi connectivity index (χ4n) is 3.13. The van der Waals surface area contributed by atoms with Gasteiger partial charge in [-0.1, -0.05) is 36.8 Å². The summed E-state index contributed by atoms with van der Waals surface area (Å²) in [4.78, 5) is 24.0. The summed E-state index contributed by atoms with van der Waals surface area (Å²) in [6.45, 7) is 0. The molecule has 0 aliphatic heterocycles. The minimum absolute atomic E-state index is 0.0249. The van der Waals surface area contributed by atoms with Crippen LogP contribution in [0.4, 0.5) is 0 Å². The maximum absolute atomic E-state index is 12.6. The van der Waals surface area contributed by atoms with Crippen molar-refractivity contribution in [3.63, 3.8) is 0 Å². The van der Waals surface area contributed by atoms with Crippen molar-refractivity contribution in [1.82, 2.24) is 5.32 Å². The molecule has 3 N–H and O–H groups in total. The van der Waals surface area contributed by atoms with Gasteiger partial charge in [0.25, 0.3) is 0 Å². The average Bonchev–Trinajstić information content (AvgIpc) is 2.58. The first-order valence-corrected chi connectivity index (χ1v) is 8.28. The zero-order valence-electron chi connectivity index (χ0n) is 13.7. The lowest BCUT2D eigenvalue weighted by atomic mass is 9.85. The molecule has 1 saturated carbocycles. The van der Waals surface area contributed by atoms with Gasteiger partial charge in [0.15, 0.2) is 0 Å². The van der Waals surface area contributed by atoms with Gasteiger partial charge in [-0.3, -0.25) is 9.59 Å². The molecule has 23 heavy (non-hydrogen) atoms. The molecule has 0 radical (unpaired) electrons. The third-order valence-electron chi connectivity index (χ3n) is 4.47. The zero-order valence-corrected chi connectivity index (χ0v) is 13.7. The van der Waals surface area contributed by atoms with Gasteiger partial charge in [-0.2, -0.15) is 0 Å². The molecule has 0 saturated heterocycles. The Kier molecular flexibility index (Phi) is 6.59. The van der Waals surface area contributed by atoms with Crippen molar-refractivity contribution in [3.05, 3.63) is 35.9 Å². The molecule has 0 spiro atoms. The molecule has 1 amide bonds. The van der Waals surface area contributed by atoms with Gasteiger partial charge in [0.05, 0.1) is 13.2 Å². The largest absolute Gasteiger partial charge is 0.469 e. The van der Waals surface area contributed by atoms with Crippen LogP contribution in [-0.2, 0) is 14.3 Å². The van der Waals surface area contributed by atoms with Crippen molar-refractivity contribution < 1.29 is 14.3 Å². The van der Waals surface area contributed by atoms with Gasteiger partial charge in [0, 0.05) is 18.4 Å². The quantitative estimate of drug-likeness (QED) is 0.789. The molecule has 1 fully saturated rings. The highest BCUT2D eigenvalue weighted by Gasteiger charge is 2.27. The standard InChI is InChI=1S/C18H26N2O3/c1-23-17(21)11-10-16(13-6-3-2-4-7-13)20-18(22)14-8-5-9-15(19)12-14/h2-4,6-7,14-16H,5,8-12,19H2,1H3,(H,20,22). The van der Waals surface area contributed by atoms with Crippen LogP contribution in [0.5, 0.6) is 0 Å². The molecule has 5 nitrogen and oxygen atoms in total. The number of hydrogen-bond acceptors (Lipinski definition) is 4. The molecule has 1 aliphatic rings. The van der Waals surface area contributed by atoms with E-state index in [1.54, 1.807) is 0 Å². The molecule has 1 aromatic carbocycles. The minimum Gasteiger partial charge on any atom is -0.469 e. The van der Waals surface area contributed by atoms with E-state index in [4.69, 9.17) is 10.5 Å². The fourth-order valence-corrected chi connectivity index (χ4v) is 3.13. The summed E-state index contributed by atoms with van der Waals surface area (Å²) in [5, 5.41) is 3.10. The Labute approximate surface area is 137 Å². The molecule has 5 heteroatoms. The van der Waals surface area contributed by atoms with E-state index in [1.807, 2.05) is 30.3 Å². The Morgan fingerprint density at radius 2 is 2.04 bits per heavy atom. The van der Waals surface area contributed by atoms with Gasteiger partial charge < -0.3 is 15.8 Å². The maximum atomic E-state index is 12.6. The Bertz CT molecular complexity index is 518. The first-order valence-electron chi connectivity index (χ1n) is 8.28. The minimum atomic E-state index is -0.264. The first kappa shape index (κ1) is 17.5. The van der Waals surface area contributed by atoms with E-state index in [1.165, 1.54) is 7.11 Å². The van der Waals surface area contributed by atoms with Crippen LogP contribution in [0.15, 0.2) is 30.3 Å². The third kappa shape index (κ3) is 5.36. The van der Waals surface area contributed by atoms with E-state index >= 15 is 0 Å². The zero-order chi connectivity index (χ0) is 16.7. The molecule has 3 atom stereocenters. The van der Waals surface area contributed by atoms with Gasteiger partial charge >= 0.3 is 5.97 Å². The van der Waals surface area contributed by atoms with E-state index in [0.29, 0.717) is 6.42 Å². The Hall–Kier alpha value is -1.88. The highest BCUT2D eigenvalue weighted by molar-refractivity contribution is 5.79. The lowest BCUT2D eigenvalue weighted by Crippen LogP contribution is -2.39. The molecular weight excluding hydrogens is 292 g/mol. The number of benzene rings is 1. The smallest absolute Gasteiger partial charge is 0.305 e. The number of rotatable bonds is 6. The van der Waals surface area contributed by atoms with Crippen molar-refractivity contribution in [1.29, 1.82) is 0 Å². The number of ether oxygens (including phenoxy) is 1. The average molecular weight is 318 g/mol. The number of amides is 1. The van der Waals surface area contributed by atoms with E-state index < -0.39 is 0 Å². The van der Waals surface area contributed by atoms with Crippen LogP contribution in [0.25, 0.3) is 0 Å². The normalized spacial score (nSPS) is 22.2. The molecule has 1 aliphatic carbocycles. The molecule has 126 valence electrons. The number of methoxy groups -OCH3 is 1. The summed E-state index contributed by atoms with van der Waals surface area (Å²) in [5.74, 6) is -0.248. The molecular formula is C18H26N2O3. The van der Waals surface area contributed by atoms with Crippen molar-refractivity contribution in [2.75, 3.05) is 7.11 Å². The second-order valence-corrected chi connectivity index (χ2v) is 6.21. The summed E-state index contributed by atoms with van der Waals surface area (Å²) in [7, 11) is 1.38. The van der Waals surface area contributed by atoms with Crippen LogP contribution < -0.4 is 11.1 Å². The van der Waals surface area contributed by atoms with Gasteiger partial charge in [-0.15, -0.1) is 0 Å². The number of hydrogen-bond donors (Lipinski definition) is 2. The van der Waals surface area contributed by atoms with Crippen molar-refractivity contribution >= 4 is 11.9 Å². The van der Waals surface area contributed by atoms with E-state index in [9.17, 15) is 9.59 Å². The van der Waals surface area contributed by atoms with Crippen LogP contribution in [-0.4, -0.2) is 25.0 Å². The van der Waals surface area contributed by atoms with E-state index in [2.05, 4.69) is 5.32 Å². The predicted octanol–water partition coefficient (Wildman–Crippen LogP) is 2.31. The van der Waals surface area contributed by atoms with Gasteiger partial charge in [-0.05, 0) is 31.2 Å². The Balaban J connectivity index is 2.01. The van der Waals surface area contributed by atoms with Crippen LogP contribution >= 0.6 is 0 Å². The summed E-state index contributed by atoms with van der Waals surface area (Å²) >= 11 is 0. The molecule has 0 bridgehead atoms. The number of esters is 1. The van der Waals surface area contributed by atoms with Crippen LogP contribution in [0, 0.1) is 5.92 Å². The summed E-state index contributed by atoms with van der Waals surface area (Å²) < 4.78 is 4.70. The van der Waals surface area contributed by atoms with Crippen molar-refractivity contribution in [2.24, 2.45) is 11.7 Å². The maximum Gasteiger partial charge on any atom is 0.305 e. The predicted molar refractivity (Wildman–Crippen MR) is 88.5 cm³/mol. The first-order chi connectivity index (χ1) is 11.1. The number of nitrogens with one attached hydrogen (secondary N) is 1. The SMILES string of the molecule is COC(=O)CCC(NC(=O)C1CCCC(N)C1)c1ccccc1.